The molecule has 0 radical (unpaired) electrons. The summed E-state index contributed by atoms with van der Waals surface area (Å²) in [5, 5.41) is 16.1. The number of carboxylic acid groups (broad SMARTS) is 1. The van der Waals surface area contributed by atoms with E-state index in [1.54, 1.807) is 40.7 Å². The van der Waals surface area contributed by atoms with E-state index in [9.17, 15) is 23.1 Å². The molecule has 174 valence electrons. The molecule has 1 aliphatic carbocycles. The second-order valence-corrected chi connectivity index (χ2v) is 10.4. The van der Waals surface area contributed by atoms with Gasteiger partial charge in [0.05, 0.1) is 0 Å². The SMILES string of the molecule is CCn1nc(C(=O)O)c(C)c1Oc1ccc(NC(=O)C2CC2)cc1S(=O)(=O)NC(C)(C)C. The second kappa shape index (κ2) is 8.55. The molecule has 1 aliphatic rings. The molecule has 3 rings (SSSR count). The molecule has 1 amide bonds. The van der Waals surface area contributed by atoms with Crippen LogP contribution >= 0.6 is 0 Å². The molecule has 0 atom stereocenters. The molecule has 11 heteroatoms. The quantitative estimate of drug-likeness (QED) is 0.545. The summed E-state index contributed by atoms with van der Waals surface area (Å²) >= 11 is 0. The van der Waals surface area contributed by atoms with Gasteiger partial charge in [0.2, 0.25) is 21.8 Å². The summed E-state index contributed by atoms with van der Waals surface area (Å²) in [6, 6.07) is 4.32. The monoisotopic (exact) mass is 464 g/mol. The van der Waals surface area contributed by atoms with Gasteiger partial charge in [0.1, 0.15) is 10.6 Å². The average Bonchev–Trinajstić information content (AvgIpc) is 3.46. The van der Waals surface area contributed by atoms with Crippen molar-refractivity contribution >= 4 is 27.6 Å². The molecule has 0 spiro atoms. The summed E-state index contributed by atoms with van der Waals surface area (Å²) in [5.41, 5.74) is -0.332. The summed E-state index contributed by atoms with van der Waals surface area (Å²) in [6.07, 6.45) is 1.63. The standard InChI is InChI=1S/C21H28N4O6S/c1-6-25-19(12(2)17(23-25)20(27)28)31-15-10-9-14(22-18(26)13-7-8-13)11-16(15)32(29,30)24-21(3,4)5/h9-11,13,24H,6-8H2,1-5H3,(H,22,26)(H,27,28). The largest absolute Gasteiger partial charge is 0.476 e. The number of hydrogen-bond acceptors (Lipinski definition) is 6. The van der Waals surface area contributed by atoms with E-state index in [1.165, 1.54) is 16.8 Å². The smallest absolute Gasteiger partial charge is 0.356 e. The van der Waals surface area contributed by atoms with Gasteiger partial charge in [-0.25, -0.2) is 22.6 Å². The average molecular weight is 465 g/mol. The van der Waals surface area contributed by atoms with Gasteiger partial charge in [-0.3, -0.25) is 4.79 Å². The minimum absolute atomic E-state index is 0.0131. The number of nitrogens with one attached hydrogen (secondary N) is 2. The highest BCUT2D eigenvalue weighted by molar-refractivity contribution is 7.89. The summed E-state index contributed by atoms with van der Waals surface area (Å²) in [6.45, 7) is 8.75. The summed E-state index contributed by atoms with van der Waals surface area (Å²) < 4.78 is 36.2. The van der Waals surface area contributed by atoms with Gasteiger partial charge >= 0.3 is 5.97 Å². The van der Waals surface area contributed by atoms with Crippen LogP contribution in [0.1, 0.15) is 56.6 Å². The number of aromatic nitrogens is 2. The van der Waals surface area contributed by atoms with Crippen molar-refractivity contribution in [2.75, 3.05) is 5.32 Å². The Balaban J connectivity index is 2.07. The first-order chi connectivity index (χ1) is 14.8. The molecule has 1 heterocycles. The number of amides is 1. The normalized spacial score (nSPS) is 14.3. The van der Waals surface area contributed by atoms with E-state index in [1.807, 2.05) is 0 Å². The molecule has 3 N–H and O–H groups in total. The van der Waals surface area contributed by atoms with Crippen LogP contribution in [0.3, 0.4) is 0 Å². The maximum atomic E-state index is 13.2. The minimum Gasteiger partial charge on any atom is -0.476 e. The maximum Gasteiger partial charge on any atom is 0.356 e. The van der Waals surface area contributed by atoms with Crippen molar-refractivity contribution in [2.45, 2.75) is 64.4 Å². The fraction of sp³-hybridized carbons (Fsp3) is 0.476. The van der Waals surface area contributed by atoms with E-state index in [0.717, 1.165) is 12.8 Å². The lowest BCUT2D eigenvalue weighted by molar-refractivity contribution is -0.117. The Kier molecular flexibility index (Phi) is 6.34. The van der Waals surface area contributed by atoms with Gasteiger partial charge in [0, 0.05) is 29.3 Å². The first-order valence-corrected chi connectivity index (χ1v) is 11.8. The highest BCUT2D eigenvalue weighted by Gasteiger charge is 2.31. The Bertz CT molecular complexity index is 1160. The summed E-state index contributed by atoms with van der Waals surface area (Å²) in [5.74, 6) is -1.29. The third kappa shape index (κ3) is 5.28. The number of aromatic carboxylic acids is 1. The molecule has 1 aromatic heterocycles. The Morgan fingerprint density at radius 3 is 2.47 bits per heavy atom. The van der Waals surface area contributed by atoms with Gasteiger partial charge in [0.15, 0.2) is 5.69 Å². The van der Waals surface area contributed by atoms with Gasteiger partial charge in [-0.1, -0.05) is 0 Å². The predicted octanol–water partition coefficient (Wildman–Crippen LogP) is 3.13. The molecular formula is C21H28N4O6S. The van der Waals surface area contributed by atoms with Crippen molar-refractivity contribution in [3.63, 3.8) is 0 Å². The van der Waals surface area contributed by atoms with Crippen LogP contribution in [0.15, 0.2) is 23.1 Å². The summed E-state index contributed by atoms with van der Waals surface area (Å²) in [7, 11) is -4.05. The van der Waals surface area contributed by atoms with Crippen LogP contribution in [-0.2, 0) is 21.4 Å². The van der Waals surface area contributed by atoms with Crippen LogP contribution in [0, 0.1) is 12.8 Å². The Labute approximate surface area is 187 Å². The van der Waals surface area contributed by atoms with Crippen molar-refractivity contribution < 1.29 is 27.9 Å². The molecule has 0 bridgehead atoms. The topological polar surface area (TPSA) is 140 Å². The van der Waals surface area contributed by atoms with Gasteiger partial charge in [-0.2, -0.15) is 5.10 Å². The highest BCUT2D eigenvalue weighted by Crippen LogP contribution is 2.35. The van der Waals surface area contributed by atoms with Gasteiger partial charge in [-0.05, 0) is 65.7 Å². The third-order valence-corrected chi connectivity index (χ3v) is 6.51. The van der Waals surface area contributed by atoms with Gasteiger partial charge in [-0.15, -0.1) is 0 Å². The van der Waals surface area contributed by atoms with Gasteiger partial charge < -0.3 is 15.2 Å². The Hall–Kier alpha value is -2.92. The van der Waals surface area contributed by atoms with Crippen molar-refractivity contribution in [2.24, 2.45) is 5.92 Å². The Morgan fingerprint density at radius 1 is 1.28 bits per heavy atom. The van der Waals surface area contributed by atoms with Crippen molar-refractivity contribution in [1.29, 1.82) is 0 Å². The fourth-order valence-electron chi connectivity index (χ4n) is 3.11. The van der Waals surface area contributed by atoms with Crippen molar-refractivity contribution in [1.82, 2.24) is 14.5 Å². The number of ether oxygens (including phenoxy) is 1. The van der Waals surface area contributed by atoms with E-state index >= 15 is 0 Å². The van der Waals surface area contributed by atoms with Gasteiger partial charge in [0.25, 0.3) is 0 Å². The Morgan fingerprint density at radius 2 is 1.94 bits per heavy atom. The van der Waals surface area contributed by atoms with Crippen LogP contribution < -0.4 is 14.8 Å². The van der Waals surface area contributed by atoms with E-state index in [-0.39, 0.29) is 39.6 Å². The van der Waals surface area contributed by atoms with E-state index in [0.29, 0.717) is 12.2 Å². The minimum atomic E-state index is -4.05. The molecule has 2 aromatic rings. The second-order valence-electron chi connectivity index (χ2n) is 8.78. The van der Waals surface area contributed by atoms with Crippen LogP contribution in [-0.4, -0.2) is 40.7 Å². The first-order valence-electron chi connectivity index (χ1n) is 10.3. The number of hydrogen-bond donors (Lipinski definition) is 3. The number of aryl methyl sites for hydroxylation is 1. The maximum absolute atomic E-state index is 13.2. The van der Waals surface area contributed by atoms with Crippen LogP contribution in [0.2, 0.25) is 0 Å². The molecule has 0 saturated heterocycles. The number of sulfonamides is 1. The number of carboxylic acids is 1. The number of nitrogens with zero attached hydrogens (tertiary/aromatic N) is 2. The number of rotatable bonds is 8. The number of anilines is 1. The molecule has 32 heavy (non-hydrogen) atoms. The predicted molar refractivity (Wildman–Crippen MR) is 118 cm³/mol. The number of carbonyl (C=O) groups excluding carboxylic acids is 1. The zero-order valence-corrected chi connectivity index (χ0v) is 19.5. The van der Waals surface area contributed by atoms with Crippen LogP contribution in [0.4, 0.5) is 5.69 Å². The molecule has 1 fully saturated rings. The molecular weight excluding hydrogens is 436 g/mol. The lowest BCUT2D eigenvalue weighted by Crippen LogP contribution is -2.40. The van der Waals surface area contributed by atoms with Crippen LogP contribution in [0.25, 0.3) is 0 Å². The molecule has 1 saturated carbocycles. The summed E-state index contributed by atoms with van der Waals surface area (Å²) in [4.78, 5) is 23.4. The highest BCUT2D eigenvalue weighted by atomic mass is 32.2. The van der Waals surface area contributed by atoms with Crippen molar-refractivity contribution in [3.8, 4) is 11.6 Å². The molecule has 10 nitrogen and oxygen atoms in total. The lowest BCUT2D eigenvalue weighted by Gasteiger charge is -2.22. The van der Waals surface area contributed by atoms with Crippen LogP contribution in [0.5, 0.6) is 11.6 Å². The molecule has 0 aliphatic heterocycles. The number of carbonyl (C=O) groups is 2. The fourth-order valence-corrected chi connectivity index (χ4v) is 4.69. The van der Waals surface area contributed by atoms with E-state index in [4.69, 9.17) is 4.74 Å². The van der Waals surface area contributed by atoms with E-state index < -0.39 is 21.5 Å². The number of benzene rings is 1. The third-order valence-electron chi connectivity index (χ3n) is 4.73. The van der Waals surface area contributed by atoms with E-state index in [2.05, 4.69) is 15.1 Å². The zero-order chi connectivity index (χ0) is 23.8. The first kappa shape index (κ1) is 23.7. The molecule has 1 aromatic carbocycles. The molecule has 0 unspecified atom stereocenters. The van der Waals surface area contributed by atoms with Crippen molar-refractivity contribution in [3.05, 3.63) is 29.5 Å². The lowest BCUT2D eigenvalue weighted by atomic mass is 10.1. The zero-order valence-electron chi connectivity index (χ0n) is 18.7.